The minimum absolute atomic E-state index is 0.00739. The van der Waals surface area contributed by atoms with Crippen LogP contribution in [-0.2, 0) is 7.05 Å². The predicted molar refractivity (Wildman–Crippen MR) is 123 cm³/mol. The lowest BCUT2D eigenvalue weighted by atomic mass is 9.85. The van der Waals surface area contributed by atoms with Crippen LogP contribution in [0.1, 0.15) is 32.1 Å². The van der Waals surface area contributed by atoms with Gasteiger partial charge >= 0.3 is 6.18 Å². The average Bonchev–Trinajstić information content (AvgIpc) is 3.44. The number of nitrogens with zero attached hydrogens (tertiary/aromatic N) is 6. The van der Waals surface area contributed by atoms with Crippen LogP contribution in [0.25, 0.3) is 22.5 Å². The van der Waals surface area contributed by atoms with E-state index in [2.05, 4.69) is 25.6 Å². The van der Waals surface area contributed by atoms with E-state index in [0.717, 1.165) is 30.4 Å². The highest BCUT2D eigenvalue weighted by atomic mass is 19.4. The monoisotopic (exact) mass is 485 g/mol. The van der Waals surface area contributed by atoms with Gasteiger partial charge in [0.05, 0.1) is 23.9 Å². The standard InChI is InChI=1S/C24H26F3N7O/c1-33-12-14(10-29-33)13-2-6-17(20(35)8-13)23-28-11-21(31-32-23)34(16-4-5-16)19-9-15-3-7-18(30-15)22(19)24(25,26)27/h2,6,8,10-12,15-16,18-19,22,30,35H,3-5,7,9H2,1H3/t15-,18-,19-,22+/m1/s1. The summed E-state index contributed by atoms with van der Waals surface area (Å²) in [7, 11) is 1.81. The molecule has 184 valence electrons. The van der Waals surface area contributed by atoms with Crippen molar-refractivity contribution in [3.63, 3.8) is 0 Å². The zero-order chi connectivity index (χ0) is 24.3. The molecule has 2 N–H and O–H groups in total. The first-order chi connectivity index (χ1) is 16.8. The number of hydrogen-bond acceptors (Lipinski definition) is 7. The Labute approximate surface area is 200 Å². The van der Waals surface area contributed by atoms with Crippen LogP contribution in [-0.4, -0.2) is 60.4 Å². The van der Waals surface area contributed by atoms with E-state index in [1.54, 1.807) is 23.0 Å². The number of aromatic nitrogens is 5. The molecule has 3 aromatic rings. The molecule has 4 heterocycles. The summed E-state index contributed by atoms with van der Waals surface area (Å²) in [4.78, 5) is 6.21. The molecule has 2 aliphatic heterocycles. The van der Waals surface area contributed by atoms with Crippen LogP contribution in [0, 0.1) is 5.92 Å². The molecule has 11 heteroatoms. The maximum atomic E-state index is 14.1. The van der Waals surface area contributed by atoms with Gasteiger partial charge in [-0.3, -0.25) is 4.68 Å². The third-order valence-electron chi connectivity index (χ3n) is 7.42. The summed E-state index contributed by atoms with van der Waals surface area (Å²) in [5.41, 5.74) is 2.06. The Morgan fingerprint density at radius 3 is 2.54 bits per heavy atom. The fourth-order valence-corrected chi connectivity index (χ4v) is 5.72. The Morgan fingerprint density at radius 2 is 1.91 bits per heavy atom. The Kier molecular flexibility index (Phi) is 5.21. The molecule has 1 saturated carbocycles. The molecule has 35 heavy (non-hydrogen) atoms. The lowest BCUT2D eigenvalue weighted by Crippen LogP contribution is -2.60. The molecular weight excluding hydrogens is 459 g/mol. The number of aromatic hydroxyl groups is 1. The zero-order valence-corrected chi connectivity index (χ0v) is 19.2. The minimum Gasteiger partial charge on any atom is -0.507 e. The molecular formula is C24H26F3N7O. The summed E-state index contributed by atoms with van der Waals surface area (Å²) >= 11 is 0. The van der Waals surface area contributed by atoms with Gasteiger partial charge in [-0.25, -0.2) is 4.98 Å². The van der Waals surface area contributed by atoms with Gasteiger partial charge < -0.3 is 15.3 Å². The maximum absolute atomic E-state index is 14.1. The van der Waals surface area contributed by atoms with Gasteiger partial charge in [-0.1, -0.05) is 6.07 Å². The third-order valence-corrected chi connectivity index (χ3v) is 7.42. The molecule has 2 aromatic heterocycles. The summed E-state index contributed by atoms with van der Waals surface area (Å²) in [5, 5.41) is 26.4. The Balaban J connectivity index is 1.29. The zero-order valence-electron chi connectivity index (χ0n) is 19.2. The second-order valence-corrected chi connectivity index (χ2v) is 9.83. The summed E-state index contributed by atoms with van der Waals surface area (Å²) in [6, 6.07) is 4.02. The molecule has 0 spiro atoms. The molecule has 0 unspecified atom stereocenters. The van der Waals surface area contributed by atoms with Crippen molar-refractivity contribution in [1.82, 2.24) is 30.3 Å². The van der Waals surface area contributed by atoms with Gasteiger partial charge in [0.15, 0.2) is 11.6 Å². The number of phenols is 1. The van der Waals surface area contributed by atoms with Crippen molar-refractivity contribution in [3.05, 3.63) is 36.8 Å². The number of benzene rings is 1. The maximum Gasteiger partial charge on any atom is 0.395 e. The number of nitrogens with one attached hydrogen (secondary N) is 1. The summed E-state index contributed by atoms with van der Waals surface area (Å²) < 4.78 is 44.1. The fraction of sp³-hybridized carbons (Fsp3) is 0.500. The van der Waals surface area contributed by atoms with Gasteiger partial charge in [0.1, 0.15) is 5.75 Å². The van der Waals surface area contributed by atoms with Gasteiger partial charge in [-0.05, 0) is 49.8 Å². The van der Waals surface area contributed by atoms with E-state index in [1.165, 1.54) is 6.20 Å². The molecule has 8 nitrogen and oxygen atoms in total. The second-order valence-electron chi connectivity index (χ2n) is 9.83. The van der Waals surface area contributed by atoms with Crippen LogP contribution in [0.4, 0.5) is 19.0 Å². The lowest BCUT2D eigenvalue weighted by molar-refractivity contribution is -0.191. The van der Waals surface area contributed by atoms with E-state index >= 15 is 0 Å². The van der Waals surface area contributed by atoms with Crippen LogP contribution >= 0.6 is 0 Å². The van der Waals surface area contributed by atoms with Crippen molar-refractivity contribution < 1.29 is 18.3 Å². The second kappa shape index (κ2) is 8.18. The molecule has 1 aliphatic carbocycles. The molecule has 6 rings (SSSR count). The highest BCUT2D eigenvalue weighted by Gasteiger charge is 2.57. The fourth-order valence-electron chi connectivity index (χ4n) is 5.72. The van der Waals surface area contributed by atoms with Crippen LogP contribution < -0.4 is 10.2 Å². The van der Waals surface area contributed by atoms with Crippen LogP contribution in [0.2, 0.25) is 0 Å². The normalized spacial score (nSPS) is 26.2. The molecule has 4 atom stereocenters. The van der Waals surface area contributed by atoms with Crippen molar-refractivity contribution in [2.75, 3.05) is 4.90 Å². The Hall–Kier alpha value is -3.21. The van der Waals surface area contributed by atoms with Gasteiger partial charge in [0.25, 0.3) is 0 Å². The number of phenolic OH excluding ortho intramolecular Hbond substituents is 1. The van der Waals surface area contributed by atoms with E-state index in [-0.39, 0.29) is 23.7 Å². The van der Waals surface area contributed by atoms with Gasteiger partial charge in [-0.2, -0.15) is 18.3 Å². The van der Waals surface area contributed by atoms with E-state index in [9.17, 15) is 18.3 Å². The molecule has 0 amide bonds. The summed E-state index contributed by atoms with van der Waals surface area (Å²) in [6.45, 7) is 0. The Morgan fingerprint density at radius 1 is 1.09 bits per heavy atom. The topological polar surface area (TPSA) is 92.0 Å². The molecule has 3 aliphatic rings. The van der Waals surface area contributed by atoms with Gasteiger partial charge in [-0.15, -0.1) is 10.2 Å². The number of anilines is 1. The average molecular weight is 486 g/mol. The van der Waals surface area contributed by atoms with Crippen molar-refractivity contribution in [1.29, 1.82) is 0 Å². The SMILES string of the molecule is Cn1cc(-c2ccc(-c3ncc(N(C4CC4)[C@@H]4C[C@H]5CC[C@@H](N5)[C@@H]4C(F)(F)F)nn3)c(O)c2)cn1. The van der Waals surface area contributed by atoms with E-state index in [0.29, 0.717) is 24.2 Å². The largest absolute Gasteiger partial charge is 0.507 e. The van der Waals surface area contributed by atoms with Crippen LogP contribution in [0.15, 0.2) is 36.8 Å². The van der Waals surface area contributed by atoms with Gasteiger partial charge in [0.2, 0.25) is 0 Å². The number of halogens is 3. The number of rotatable bonds is 5. The van der Waals surface area contributed by atoms with Crippen molar-refractivity contribution in [2.45, 2.75) is 62.4 Å². The van der Waals surface area contributed by atoms with Crippen molar-refractivity contribution in [3.8, 4) is 28.3 Å². The summed E-state index contributed by atoms with van der Waals surface area (Å²) in [5.74, 6) is -0.875. The van der Waals surface area contributed by atoms with Crippen molar-refractivity contribution >= 4 is 5.82 Å². The predicted octanol–water partition coefficient (Wildman–Crippen LogP) is 3.68. The first-order valence-electron chi connectivity index (χ1n) is 11.9. The number of hydrogen-bond donors (Lipinski definition) is 2. The number of alkyl halides is 3. The van der Waals surface area contributed by atoms with E-state index in [1.807, 2.05) is 24.2 Å². The molecule has 2 bridgehead atoms. The molecule has 3 fully saturated rings. The van der Waals surface area contributed by atoms with Crippen LogP contribution in [0.3, 0.4) is 0 Å². The first kappa shape index (κ1) is 22.3. The smallest absolute Gasteiger partial charge is 0.395 e. The Bertz CT molecular complexity index is 1220. The number of piperidine rings is 1. The number of fused-ring (bicyclic) bond motifs is 2. The van der Waals surface area contributed by atoms with E-state index in [4.69, 9.17) is 0 Å². The third kappa shape index (κ3) is 4.11. The van der Waals surface area contributed by atoms with Gasteiger partial charge in [0, 0.05) is 43.0 Å². The highest BCUT2D eigenvalue weighted by Crippen LogP contribution is 2.47. The molecule has 1 aromatic carbocycles. The van der Waals surface area contributed by atoms with Crippen molar-refractivity contribution in [2.24, 2.45) is 13.0 Å². The number of aryl methyl sites for hydroxylation is 1. The first-order valence-corrected chi connectivity index (χ1v) is 11.9. The lowest BCUT2D eigenvalue weighted by Gasteiger charge is -2.44. The summed E-state index contributed by atoms with van der Waals surface area (Å²) in [6.07, 6.45) is 4.15. The quantitative estimate of drug-likeness (QED) is 0.570. The van der Waals surface area contributed by atoms with E-state index < -0.39 is 24.2 Å². The molecule has 2 saturated heterocycles. The minimum atomic E-state index is -4.30. The highest BCUT2D eigenvalue weighted by molar-refractivity contribution is 5.72. The molecule has 0 radical (unpaired) electrons. The van der Waals surface area contributed by atoms with Crippen LogP contribution in [0.5, 0.6) is 5.75 Å².